The SMILES string of the molecule is NC(=O)CNn1ccc2cc(Cl)ccc21. The van der Waals surface area contributed by atoms with Gasteiger partial charge in [0.25, 0.3) is 0 Å². The summed E-state index contributed by atoms with van der Waals surface area (Å²) in [5, 5.41) is 1.70. The van der Waals surface area contributed by atoms with E-state index in [1.807, 2.05) is 24.4 Å². The smallest absolute Gasteiger partial charge is 0.238 e. The molecule has 0 bridgehead atoms. The first kappa shape index (κ1) is 9.86. The van der Waals surface area contributed by atoms with E-state index in [2.05, 4.69) is 5.43 Å². The second-order valence-electron chi connectivity index (χ2n) is 3.19. The maximum atomic E-state index is 10.6. The van der Waals surface area contributed by atoms with Crippen LogP contribution < -0.4 is 11.2 Å². The highest BCUT2D eigenvalue weighted by atomic mass is 35.5. The first-order valence-corrected chi connectivity index (χ1v) is 4.83. The van der Waals surface area contributed by atoms with Crippen LogP contribution in [0.4, 0.5) is 0 Å². The van der Waals surface area contributed by atoms with Crippen molar-refractivity contribution in [3.8, 4) is 0 Å². The number of benzene rings is 1. The average Bonchev–Trinajstić information content (AvgIpc) is 2.57. The van der Waals surface area contributed by atoms with E-state index in [0.29, 0.717) is 5.02 Å². The van der Waals surface area contributed by atoms with Gasteiger partial charge in [0.05, 0.1) is 5.52 Å². The lowest BCUT2D eigenvalue weighted by molar-refractivity contribution is -0.116. The zero-order valence-electron chi connectivity index (χ0n) is 7.90. The predicted octanol–water partition coefficient (Wildman–Crippen LogP) is 1.32. The van der Waals surface area contributed by atoms with Crippen LogP contribution in [0, 0.1) is 0 Å². The van der Waals surface area contributed by atoms with Gasteiger partial charge in [-0.3, -0.25) is 9.47 Å². The lowest BCUT2D eigenvalue weighted by Crippen LogP contribution is -2.27. The molecular formula is C10H10ClN3O. The topological polar surface area (TPSA) is 60.1 Å². The summed E-state index contributed by atoms with van der Waals surface area (Å²) in [5.41, 5.74) is 8.89. The molecule has 3 N–H and O–H groups in total. The number of aromatic nitrogens is 1. The maximum absolute atomic E-state index is 10.6. The van der Waals surface area contributed by atoms with Gasteiger partial charge in [-0.15, -0.1) is 0 Å². The van der Waals surface area contributed by atoms with E-state index in [0.717, 1.165) is 10.9 Å². The van der Waals surface area contributed by atoms with Gasteiger partial charge < -0.3 is 11.2 Å². The van der Waals surface area contributed by atoms with Gasteiger partial charge in [-0.1, -0.05) is 11.6 Å². The zero-order valence-corrected chi connectivity index (χ0v) is 8.66. The molecule has 0 saturated heterocycles. The van der Waals surface area contributed by atoms with E-state index in [1.165, 1.54) is 0 Å². The van der Waals surface area contributed by atoms with Crippen LogP contribution in [0.5, 0.6) is 0 Å². The van der Waals surface area contributed by atoms with Crippen LogP contribution >= 0.6 is 11.6 Å². The fourth-order valence-electron chi connectivity index (χ4n) is 1.41. The Balaban J connectivity index is 2.32. The van der Waals surface area contributed by atoms with E-state index >= 15 is 0 Å². The molecule has 0 atom stereocenters. The largest absolute Gasteiger partial charge is 0.368 e. The van der Waals surface area contributed by atoms with E-state index in [1.54, 1.807) is 10.7 Å². The Morgan fingerprint density at radius 1 is 1.47 bits per heavy atom. The summed E-state index contributed by atoms with van der Waals surface area (Å²) in [7, 11) is 0. The normalized spacial score (nSPS) is 10.5. The van der Waals surface area contributed by atoms with Gasteiger partial charge in [0, 0.05) is 16.6 Å². The van der Waals surface area contributed by atoms with Gasteiger partial charge in [0.1, 0.15) is 6.54 Å². The fourth-order valence-corrected chi connectivity index (χ4v) is 1.59. The number of nitrogens with one attached hydrogen (secondary N) is 1. The van der Waals surface area contributed by atoms with Crippen molar-refractivity contribution in [1.29, 1.82) is 0 Å². The number of halogens is 1. The maximum Gasteiger partial charge on any atom is 0.238 e. The molecule has 0 fully saturated rings. The molecule has 0 aliphatic heterocycles. The predicted molar refractivity (Wildman–Crippen MR) is 60.4 cm³/mol. The first-order valence-electron chi connectivity index (χ1n) is 4.45. The van der Waals surface area contributed by atoms with Crippen LogP contribution in [0.2, 0.25) is 5.02 Å². The summed E-state index contributed by atoms with van der Waals surface area (Å²) in [6, 6.07) is 7.45. The molecule has 0 aliphatic carbocycles. The summed E-state index contributed by atoms with van der Waals surface area (Å²) >= 11 is 5.85. The quantitative estimate of drug-likeness (QED) is 0.825. The number of nitrogens with zero attached hydrogens (tertiary/aromatic N) is 1. The van der Waals surface area contributed by atoms with E-state index in [9.17, 15) is 4.79 Å². The summed E-state index contributed by atoms with van der Waals surface area (Å²) in [4.78, 5) is 10.6. The van der Waals surface area contributed by atoms with Crippen LogP contribution in [-0.4, -0.2) is 17.1 Å². The van der Waals surface area contributed by atoms with Crippen LogP contribution in [0.15, 0.2) is 30.5 Å². The van der Waals surface area contributed by atoms with Crippen LogP contribution in [0.25, 0.3) is 10.9 Å². The highest BCUT2D eigenvalue weighted by Gasteiger charge is 2.01. The molecule has 0 unspecified atom stereocenters. The third-order valence-electron chi connectivity index (χ3n) is 2.08. The molecule has 1 heterocycles. The van der Waals surface area contributed by atoms with Crippen molar-refractivity contribution in [2.45, 2.75) is 0 Å². The van der Waals surface area contributed by atoms with Crippen molar-refractivity contribution in [3.63, 3.8) is 0 Å². The second kappa shape index (κ2) is 3.82. The van der Waals surface area contributed by atoms with Gasteiger partial charge >= 0.3 is 0 Å². The molecule has 0 aliphatic rings. The Morgan fingerprint density at radius 2 is 2.27 bits per heavy atom. The first-order chi connectivity index (χ1) is 7.16. The molecule has 0 saturated carbocycles. The zero-order chi connectivity index (χ0) is 10.8. The number of carbonyl (C=O) groups is 1. The molecule has 15 heavy (non-hydrogen) atoms. The molecule has 5 heteroatoms. The summed E-state index contributed by atoms with van der Waals surface area (Å²) < 4.78 is 1.75. The number of hydrogen-bond acceptors (Lipinski definition) is 2. The number of amides is 1. The monoisotopic (exact) mass is 223 g/mol. The van der Waals surface area contributed by atoms with E-state index in [4.69, 9.17) is 17.3 Å². The van der Waals surface area contributed by atoms with Crippen molar-refractivity contribution in [2.75, 3.05) is 12.0 Å². The Morgan fingerprint density at radius 3 is 3.00 bits per heavy atom. The van der Waals surface area contributed by atoms with E-state index in [-0.39, 0.29) is 6.54 Å². The second-order valence-corrected chi connectivity index (χ2v) is 3.63. The van der Waals surface area contributed by atoms with Crippen LogP contribution in [-0.2, 0) is 4.79 Å². The average molecular weight is 224 g/mol. The third-order valence-corrected chi connectivity index (χ3v) is 2.31. The minimum absolute atomic E-state index is 0.104. The summed E-state index contributed by atoms with van der Waals surface area (Å²) in [5.74, 6) is -0.397. The Bertz CT molecular complexity index is 506. The molecule has 4 nitrogen and oxygen atoms in total. The van der Waals surface area contributed by atoms with Crippen molar-refractivity contribution in [1.82, 2.24) is 4.68 Å². The number of primary amides is 1. The fraction of sp³-hybridized carbons (Fsp3) is 0.100. The highest BCUT2D eigenvalue weighted by molar-refractivity contribution is 6.31. The Kier molecular flexibility index (Phi) is 2.51. The van der Waals surface area contributed by atoms with Gasteiger partial charge in [0.2, 0.25) is 5.91 Å². The number of nitrogens with two attached hydrogens (primary N) is 1. The van der Waals surface area contributed by atoms with Gasteiger partial charge in [0.15, 0.2) is 0 Å². The molecule has 1 amide bonds. The number of carbonyl (C=O) groups excluding carboxylic acids is 1. The van der Waals surface area contributed by atoms with Crippen molar-refractivity contribution < 1.29 is 4.79 Å². The van der Waals surface area contributed by atoms with Crippen LogP contribution in [0.1, 0.15) is 0 Å². The minimum Gasteiger partial charge on any atom is -0.368 e. The van der Waals surface area contributed by atoms with Crippen molar-refractivity contribution in [2.24, 2.45) is 5.73 Å². The lowest BCUT2D eigenvalue weighted by Gasteiger charge is -2.06. The Hall–Kier alpha value is -1.68. The van der Waals surface area contributed by atoms with Gasteiger partial charge in [-0.25, -0.2) is 0 Å². The third kappa shape index (κ3) is 2.05. The van der Waals surface area contributed by atoms with Crippen molar-refractivity contribution >= 4 is 28.4 Å². The van der Waals surface area contributed by atoms with Gasteiger partial charge in [-0.2, -0.15) is 0 Å². The molecule has 78 valence electrons. The molecule has 2 rings (SSSR count). The van der Waals surface area contributed by atoms with Crippen LogP contribution in [0.3, 0.4) is 0 Å². The molecule has 1 aromatic carbocycles. The van der Waals surface area contributed by atoms with Gasteiger partial charge in [-0.05, 0) is 24.3 Å². The summed E-state index contributed by atoms with van der Waals surface area (Å²) in [6.07, 6.45) is 1.82. The number of rotatable bonds is 3. The standard InChI is InChI=1S/C10H10ClN3O/c11-8-1-2-9-7(5-8)3-4-14(9)13-6-10(12)15/h1-5,13H,6H2,(H2,12,15). The molecule has 1 aromatic heterocycles. The molecule has 0 spiro atoms. The van der Waals surface area contributed by atoms with E-state index < -0.39 is 5.91 Å². The Labute approximate surface area is 91.6 Å². The molecular weight excluding hydrogens is 214 g/mol. The summed E-state index contributed by atoms with van der Waals surface area (Å²) in [6.45, 7) is 0.104. The minimum atomic E-state index is -0.397. The molecule has 2 aromatic rings. The highest BCUT2D eigenvalue weighted by Crippen LogP contribution is 2.19. The molecule has 0 radical (unpaired) electrons. The number of fused-ring (bicyclic) bond motifs is 1. The lowest BCUT2D eigenvalue weighted by atomic mass is 10.2. The number of hydrogen-bond donors (Lipinski definition) is 2. The van der Waals surface area contributed by atoms with Crippen molar-refractivity contribution in [3.05, 3.63) is 35.5 Å².